The summed E-state index contributed by atoms with van der Waals surface area (Å²) >= 11 is 0. The molecule has 0 unspecified atom stereocenters. The first-order chi connectivity index (χ1) is 25.1. The zero-order valence-electron chi connectivity index (χ0n) is 28.7. The highest BCUT2D eigenvalue weighted by Crippen LogP contribution is 2.63. The molecule has 3 aliphatic carbocycles. The number of rotatable bonds is 3. The summed E-state index contributed by atoms with van der Waals surface area (Å²) in [4.78, 5) is 2.49. The first kappa shape index (κ1) is 28.6. The van der Waals surface area contributed by atoms with E-state index in [-0.39, 0.29) is 10.8 Å². The van der Waals surface area contributed by atoms with Crippen LogP contribution < -0.4 is 4.90 Å². The van der Waals surface area contributed by atoms with Crippen molar-refractivity contribution in [1.29, 1.82) is 0 Å². The zero-order valence-corrected chi connectivity index (χ0v) is 28.7. The Kier molecular flexibility index (Phi) is 5.72. The van der Waals surface area contributed by atoms with Gasteiger partial charge in [-0.15, -0.1) is 0 Å². The summed E-state index contributed by atoms with van der Waals surface area (Å²) < 4.78 is 0. The molecule has 0 saturated carbocycles. The van der Waals surface area contributed by atoms with Crippen molar-refractivity contribution in [3.63, 3.8) is 0 Å². The Hall–Kier alpha value is -6.18. The molecule has 0 radical (unpaired) electrons. The second kappa shape index (κ2) is 10.2. The highest BCUT2D eigenvalue weighted by atomic mass is 15.1. The van der Waals surface area contributed by atoms with Crippen molar-refractivity contribution in [2.75, 3.05) is 4.90 Å². The van der Waals surface area contributed by atoms with Crippen molar-refractivity contribution in [1.82, 2.24) is 0 Å². The molecule has 0 bridgehead atoms. The largest absolute Gasteiger partial charge is 0.310 e. The van der Waals surface area contributed by atoms with Gasteiger partial charge in [0, 0.05) is 22.2 Å². The molecule has 3 aliphatic rings. The van der Waals surface area contributed by atoms with Gasteiger partial charge < -0.3 is 4.90 Å². The Morgan fingerprint density at radius 2 is 0.824 bits per heavy atom. The average Bonchev–Trinajstić information content (AvgIpc) is 3.74. The molecule has 0 fully saturated rings. The van der Waals surface area contributed by atoms with E-state index in [1.54, 1.807) is 0 Å². The van der Waals surface area contributed by atoms with Gasteiger partial charge in [-0.1, -0.05) is 159 Å². The zero-order chi connectivity index (χ0) is 33.9. The molecule has 0 amide bonds. The summed E-state index contributed by atoms with van der Waals surface area (Å²) in [6.45, 7) is 4.74. The summed E-state index contributed by atoms with van der Waals surface area (Å²) in [6.07, 6.45) is 0. The number of fused-ring (bicyclic) bond motifs is 14. The summed E-state index contributed by atoms with van der Waals surface area (Å²) in [7, 11) is 0. The molecule has 8 aromatic rings. The second-order valence-corrected chi connectivity index (χ2v) is 14.9. The van der Waals surface area contributed by atoms with Gasteiger partial charge in [-0.2, -0.15) is 0 Å². The lowest BCUT2D eigenvalue weighted by Gasteiger charge is -2.32. The summed E-state index contributed by atoms with van der Waals surface area (Å²) in [6, 6.07) is 65.9. The molecule has 1 nitrogen and oxygen atoms in total. The minimum absolute atomic E-state index is 0.0983. The lowest BCUT2D eigenvalue weighted by molar-refractivity contribution is 0.660. The van der Waals surface area contributed by atoms with Crippen molar-refractivity contribution in [3.05, 3.63) is 209 Å². The van der Waals surface area contributed by atoms with Crippen LogP contribution in [-0.2, 0) is 10.8 Å². The molecule has 0 atom stereocenters. The van der Waals surface area contributed by atoms with Crippen LogP contribution in [0.3, 0.4) is 0 Å². The molecule has 0 N–H and O–H groups in total. The average molecular weight is 650 g/mol. The van der Waals surface area contributed by atoms with Crippen molar-refractivity contribution >= 4 is 27.8 Å². The fourth-order valence-electron chi connectivity index (χ4n) is 9.89. The third kappa shape index (κ3) is 3.65. The maximum Gasteiger partial charge on any atom is 0.0725 e. The van der Waals surface area contributed by atoms with E-state index in [0.29, 0.717) is 0 Å². The van der Waals surface area contributed by atoms with E-state index in [1.165, 1.54) is 88.9 Å². The molecule has 51 heavy (non-hydrogen) atoms. The molecule has 1 heteroatoms. The number of nitrogens with zero attached hydrogens (tertiary/aromatic N) is 1. The molecular weight excluding hydrogens is 615 g/mol. The maximum atomic E-state index is 2.49. The molecule has 1 spiro atoms. The van der Waals surface area contributed by atoms with Gasteiger partial charge >= 0.3 is 0 Å². The van der Waals surface area contributed by atoms with Crippen LogP contribution in [0.4, 0.5) is 17.1 Å². The Labute approximate surface area is 299 Å². The lowest BCUT2D eigenvalue weighted by atomic mass is 9.70. The van der Waals surface area contributed by atoms with E-state index in [2.05, 4.69) is 195 Å². The Morgan fingerprint density at radius 1 is 0.353 bits per heavy atom. The van der Waals surface area contributed by atoms with E-state index in [4.69, 9.17) is 0 Å². The molecule has 8 aromatic carbocycles. The van der Waals surface area contributed by atoms with Gasteiger partial charge in [-0.25, -0.2) is 0 Å². The monoisotopic (exact) mass is 649 g/mol. The Balaban J connectivity index is 1.18. The minimum atomic E-state index is -0.356. The predicted molar refractivity (Wildman–Crippen MR) is 212 cm³/mol. The lowest BCUT2D eigenvalue weighted by Crippen LogP contribution is -2.25. The van der Waals surface area contributed by atoms with Crippen LogP contribution in [0, 0.1) is 0 Å². The molecular formula is C50H35N. The molecule has 0 heterocycles. The molecule has 240 valence electrons. The van der Waals surface area contributed by atoms with Gasteiger partial charge in [0.1, 0.15) is 0 Å². The molecule has 0 saturated heterocycles. The highest BCUT2D eigenvalue weighted by Gasteiger charge is 2.51. The minimum Gasteiger partial charge on any atom is -0.310 e. The first-order valence-electron chi connectivity index (χ1n) is 18.0. The van der Waals surface area contributed by atoms with Crippen LogP contribution in [0.15, 0.2) is 176 Å². The third-order valence-electron chi connectivity index (χ3n) is 12.1. The van der Waals surface area contributed by atoms with Crippen molar-refractivity contribution in [2.45, 2.75) is 24.7 Å². The number of hydrogen-bond donors (Lipinski definition) is 0. The van der Waals surface area contributed by atoms with Gasteiger partial charge in [-0.05, 0) is 102 Å². The van der Waals surface area contributed by atoms with E-state index in [1.807, 2.05) is 0 Å². The summed E-state index contributed by atoms with van der Waals surface area (Å²) in [5.74, 6) is 0. The molecule has 0 aliphatic heterocycles. The van der Waals surface area contributed by atoms with E-state index in [9.17, 15) is 0 Å². The van der Waals surface area contributed by atoms with Crippen molar-refractivity contribution in [2.24, 2.45) is 0 Å². The van der Waals surface area contributed by atoms with E-state index >= 15 is 0 Å². The molecule has 11 rings (SSSR count). The predicted octanol–water partition coefficient (Wildman–Crippen LogP) is 13.0. The van der Waals surface area contributed by atoms with Crippen LogP contribution in [0.5, 0.6) is 0 Å². The standard InChI is InChI=1S/C50H35N/c1-49(2)42-21-9-5-17-36(42)40-28-26-34(31-47(40)49)51(48-25-13-15-32-14-3-4-16-35(32)48)33-27-29-46-41(30-33)39-20-8-12-24-45(39)50(46)43-22-10-6-18-37(43)38-19-7-11-23-44(38)50/h3-31H,1-2H3. The molecule has 0 aromatic heterocycles. The number of hydrogen-bond acceptors (Lipinski definition) is 1. The van der Waals surface area contributed by atoms with E-state index < -0.39 is 0 Å². The van der Waals surface area contributed by atoms with Crippen LogP contribution in [0.25, 0.3) is 44.2 Å². The highest BCUT2D eigenvalue weighted by molar-refractivity contribution is 6.01. The topological polar surface area (TPSA) is 3.24 Å². The van der Waals surface area contributed by atoms with Gasteiger partial charge in [0.05, 0.1) is 11.1 Å². The summed E-state index contributed by atoms with van der Waals surface area (Å²) in [5, 5.41) is 2.47. The third-order valence-corrected chi connectivity index (χ3v) is 12.1. The van der Waals surface area contributed by atoms with Crippen LogP contribution in [0.2, 0.25) is 0 Å². The van der Waals surface area contributed by atoms with E-state index in [0.717, 1.165) is 5.69 Å². The van der Waals surface area contributed by atoms with Gasteiger partial charge in [0.15, 0.2) is 0 Å². The van der Waals surface area contributed by atoms with Gasteiger partial charge in [0.2, 0.25) is 0 Å². The smallest absolute Gasteiger partial charge is 0.0725 e. The Bertz CT molecular complexity index is 2700. The second-order valence-electron chi connectivity index (χ2n) is 14.9. The summed E-state index contributed by atoms with van der Waals surface area (Å²) in [5.41, 5.74) is 19.2. The normalized spacial score (nSPS) is 14.8. The van der Waals surface area contributed by atoms with Crippen molar-refractivity contribution < 1.29 is 0 Å². The number of benzene rings is 8. The fourth-order valence-corrected chi connectivity index (χ4v) is 9.89. The maximum absolute atomic E-state index is 2.49. The van der Waals surface area contributed by atoms with Crippen molar-refractivity contribution in [3.8, 4) is 33.4 Å². The fraction of sp³-hybridized carbons (Fsp3) is 0.0800. The first-order valence-corrected chi connectivity index (χ1v) is 18.0. The van der Waals surface area contributed by atoms with Gasteiger partial charge in [0.25, 0.3) is 0 Å². The van der Waals surface area contributed by atoms with Crippen LogP contribution >= 0.6 is 0 Å². The van der Waals surface area contributed by atoms with Crippen LogP contribution in [-0.4, -0.2) is 0 Å². The SMILES string of the molecule is CC1(C)c2ccccc2-c2ccc(N(c3ccc4c(c3)-c3ccccc3C43c4ccccc4-c4ccccc43)c3cccc4ccccc34)cc21. The number of anilines is 3. The quantitative estimate of drug-likeness (QED) is 0.184. The van der Waals surface area contributed by atoms with Crippen LogP contribution in [0.1, 0.15) is 47.2 Å². The van der Waals surface area contributed by atoms with Gasteiger partial charge in [-0.3, -0.25) is 0 Å². The Morgan fingerprint density at radius 3 is 1.51 bits per heavy atom.